The first-order valence-electron chi connectivity index (χ1n) is 10.1. The molecule has 0 aliphatic heterocycles. The Morgan fingerprint density at radius 2 is 1.62 bits per heavy atom. The van der Waals surface area contributed by atoms with E-state index in [0.717, 1.165) is 34.8 Å². The highest BCUT2D eigenvalue weighted by Gasteiger charge is 2.07. The number of amides is 1. The van der Waals surface area contributed by atoms with Crippen LogP contribution in [0, 0.1) is 0 Å². The molecule has 0 bridgehead atoms. The first-order valence-corrected chi connectivity index (χ1v) is 11.1. The molecule has 1 amide bonds. The first-order chi connectivity index (χ1) is 14.2. The lowest BCUT2D eigenvalue weighted by Gasteiger charge is -2.07. The van der Waals surface area contributed by atoms with Crippen molar-refractivity contribution in [1.82, 2.24) is 10.2 Å². The summed E-state index contributed by atoms with van der Waals surface area (Å²) in [5.74, 6) is 0.258. The van der Waals surface area contributed by atoms with Gasteiger partial charge in [0.05, 0.1) is 11.4 Å². The van der Waals surface area contributed by atoms with E-state index in [1.807, 2.05) is 24.3 Å². The molecule has 5 heteroatoms. The molecule has 1 N–H and O–H groups in total. The fourth-order valence-corrected chi connectivity index (χ4v) is 3.55. The van der Waals surface area contributed by atoms with Crippen LogP contribution in [0.4, 0.5) is 5.69 Å². The van der Waals surface area contributed by atoms with Gasteiger partial charge in [0.15, 0.2) is 0 Å². The molecule has 0 unspecified atom stereocenters. The highest BCUT2D eigenvalue weighted by atomic mass is 32.2. The Bertz CT molecular complexity index is 906. The standard InChI is InChI=1S/C24H27N3OS/c1-3-5-6-19-9-13-21(14-10-19)25-23(28)17-29-24-16-15-22(26-27-24)20-11-7-18(4-2)8-12-20/h7-16H,3-6,17H2,1-2H3,(H,25,28). The fourth-order valence-electron chi connectivity index (χ4n) is 2.93. The maximum atomic E-state index is 12.2. The molecule has 29 heavy (non-hydrogen) atoms. The summed E-state index contributed by atoms with van der Waals surface area (Å²) < 4.78 is 0. The van der Waals surface area contributed by atoms with Gasteiger partial charge in [-0.1, -0.05) is 68.4 Å². The van der Waals surface area contributed by atoms with Gasteiger partial charge < -0.3 is 5.32 Å². The average molecular weight is 406 g/mol. The van der Waals surface area contributed by atoms with Crippen molar-refractivity contribution in [2.45, 2.75) is 44.6 Å². The zero-order chi connectivity index (χ0) is 20.5. The molecule has 3 aromatic rings. The highest BCUT2D eigenvalue weighted by molar-refractivity contribution is 7.99. The molecule has 4 nitrogen and oxygen atoms in total. The molecular formula is C24H27N3OS. The largest absolute Gasteiger partial charge is 0.325 e. The zero-order valence-corrected chi connectivity index (χ0v) is 17.8. The summed E-state index contributed by atoms with van der Waals surface area (Å²) in [5, 5.41) is 12.2. The summed E-state index contributed by atoms with van der Waals surface area (Å²) in [7, 11) is 0. The Morgan fingerprint density at radius 3 is 2.24 bits per heavy atom. The SMILES string of the molecule is CCCCc1ccc(NC(=O)CSc2ccc(-c3ccc(CC)cc3)nn2)cc1. The Kier molecular flexibility index (Phi) is 7.82. The third-order valence-electron chi connectivity index (χ3n) is 4.71. The molecule has 1 heterocycles. The summed E-state index contributed by atoms with van der Waals surface area (Å²) in [6.07, 6.45) is 4.47. The number of carbonyl (C=O) groups excluding carboxylic acids is 1. The van der Waals surface area contributed by atoms with E-state index in [0.29, 0.717) is 5.75 Å². The van der Waals surface area contributed by atoms with Crippen molar-refractivity contribution in [1.29, 1.82) is 0 Å². The smallest absolute Gasteiger partial charge is 0.234 e. The summed E-state index contributed by atoms with van der Waals surface area (Å²) in [5.41, 5.74) is 5.32. The number of thioether (sulfide) groups is 1. The molecular weight excluding hydrogens is 378 g/mol. The lowest BCUT2D eigenvalue weighted by atomic mass is 10.1. The van der Waals surface area contributed by atoms with Crippen LogP contribution in [0.2, 0.25) is 0 Å². The van der Waals surface area contributed by atoms with E-state index in [-0.39, 0.29) is 5.91 Å². The van der Waals surface area contributed by atoms with E-state index in [4.69, 9.17) is 0 Å². The lowest BCUT2D eigenvalue weighted by molar-refractivity contribution is -0.113. The molecule has 3 rings (SSSR count). The quantitative estimate of drug-likeness (QED) is 0.459. The third kappa shape index (κ3) is 6.43. The third-order valence-corrected chi connectivity index (χ3v) is 5.63. The van der Waals surface area contributed by atoms with Crippen LogP contribution in [0.15, 0.2) is 65.7 Å². The van der Waals surface area contributed by atoms with Crippen LogP contribution in [-0.4, -0.2) is 21.9 Å². The number of nitrogens with one attached hydrogen (secondary N) is 1. The predicted molar refractivity (Wildman–Crippen MR) is 121 cm³/mol. The van der Waals surface area contributed by atoms with Crippen LogP contribution < -0.4 is 5.32 Å². The predicted octanol–water partition coefficient (Wildman–Crippen LogP) is 5.78. The van der Waals surface area contributed by atoms with Crippen LogP contribution in [0.1, 0.15) is 37.8 Å². The number of hydrogen-bond acceptors (Lipinski definition) is 4. The molecule has 0 fully saturated rings. The van der Waals surface area contributed by atoms with E-state index in [9.17, 15) is 4.79 Å². The molecule has 0 saturated heterocycles. The number of carbonyl (C=O) groups is 1. The minimum absolute atomic E-state index is 0.0441. The van der Waals surface area contributed by atoms with E-state index >= 15 is 0 Å². The average Bonchev–Trinajstić information content (AvgIpc) is 2.78. The van der Waals surface area contributed by atoms with Gasteiger partial charge in [-0.15, -0.1) is 10.2 Å². The van der Waals surface area contributed by atoms with E-state index in [1.165, 1.54) is 35.7 Å². The number of aryl methyl sites for hydroxylation is 2. The van der Waals surface area contributed by atoms with Crippen molar-refractivity contribution in [2.24, 2.45) is 0 Å². The Balaban J connectivity index is 1.49. The Labute approximate surface area is 177 Å². The van der Waals surface area contributed by atoms with Crippen LogP contribution in [-0.2, 0) is 17.6 Å². The normalized spacial score (nSPS) is 10.7. The summed E-state index contributed by atoms with van der Waals surface area (Å²) in [4.78, 5) is 12.2. The number of unbranched alkanes of at least 4 members (excludes halogenated alkanes) is 1. The minimum atomic E-state index is -0.0441. The van der Waals surface area contributed by atoms with Gasteiger partial charge in [0, 0.05) is 11.3 Å². The Morgan fingerprint density at radius 1 is 0.897 bits per heavy atom. The number of aromatic nitrogens is 2. The van der Waals surface area contributed by atoms with Gasteiger partial charge in [0.2, 0.25) is 5.91 Å². The lowest BCUT2D eigenvalue weighted by Crippen LogP contribution is -2.14. The van der Waals surface area contributed by atoms with Crippen molar-refractivity contribution >= 4 is 23.4 Å². The topological polar surface area (TPSA) is 54.9 Å². The maximum Gasteiger partial charge on any atom is 0.234 e. The molecule has 0 radical (unpaired) electrons. The van der Waals surface area contributed by atoms with Crippen molar-refractivity contribution < 1.29 is 4.79 Å². The van der Waals surface area contributed by atoms with Gasteiger partial charge in [-0.2, -0.15) is 0 Å². The monoisotopic (exact) mass is 405 g/mol. The molecule has 0 aliphatic carbocycles. The molecule has 1 aromatic heterocycles. The minimum Gasteiger partial charge on any atom is -0.325 e. The van der Waals surface area contributed by atoms with Gasteiger partial charge in [-0.25, -0.2) is 0 Å². The van der Waals surface area contributed by atoms with Gasteiger partial charge in [0.1, 0.15) is 5.03 Å². The van der Waals surface area contributed by atoms with Gasteiger partial charge >= 0.3 is 0 Å². The number of hydrogen-bond donors (Lipinski definition) is 1. The number of nitrogens with zero attached hydrogens (tertiary/aromatic N) is 2. The second-order valence-corrected chi connectivity index (χ2v) is 7.94. The summed E-state index contributed by atoms with van der Waals surface area (Å²) in [6.45, 7) is 4.33. The molecule has 0 aliphatic rings. The molecule has 0 atom stereocenters. The Hall–Kier alpha value is -2.66. The van der Waals surface area contributed by atoms with Crippen molar-refractivity contribution in [3.63, 3.8) is 0 Å². The number of anilines is 1. The zero-order valence-electron chi connectivity index (χ0n) is 17.0. The van der Waals surface area contributed by atoms with Crippen LogP contribution >= 0.6 is 11.8 Å². The highest BCUT2D eigenvalue weighted by Crippen LogP contribution is 2.21. The van der Waals surface area contributed by atoms with Gasteiger partial charge in [-0.3, -0.25) is 4.79 Å². The fraction of sp³-hybridized carbons (Fsp3) is 0.292. The van der Waals surface area contributed by atoms with Crippen molar-refractivity contribution in [3.05, 3.63) is 71.8 Å². The molecule has 0 spiro atoms. The molecule has 0 saturated carbocycles. The van der Waals surface area contributed by atoms with Crippen molar-refractivity contribution in [2.75, 3.05) is 11.1 Å². The van der Waals surface area contributed by atoms with Gasteiger partial charge in [-0.05, 0) is 54.7 Å². The van der Waals surface area contributed by atoms with Crippen molar-refractivity contribution in [3.8, 4) is 11.3 Å². The second kappa shape index (κ2) is 10.8. The summed E-state index contributed by atoms with van der Waals surface area (Å²) >= 11 is 1.39. The van der Waals surface area contributed by atoms with Crippen LogP contribution in [0.5, 0.6) is 0 Å². The molecule has 150 valence electrons. The first kappa shape index (κ1) is 21.1. The van der Waals surface area contributed by atoms with Crippen LogP contribution in [0.3, 0.4) is 0 Å². The van der Waals surface area contributed by atoms with E-state index in [1.54, 1.807) is 0 Å². The number of benzene rings is 2. The van der Waals surface area contributed by atoms with E-state index in [2.05, 4.69) is 65.8 Å². The summed E-state index contributed by atoms with van der Waals surface area (Å²) in [6, 6.07) is 20.3. The van der Waals surface area contributed by atoms with E-state index < -0.39 is 0 Å². The number of rotatable bonds is 9. The second-order valence-electron chi connectivity index (χ2n) is 6.94. The van der Waals surface area contributed by atoms with Crippen LogP contribution in [0.25, 0.3) is 11.3 Å². The van der Waals surface area contributed by atoms with Gasteiger partial charge in [0.25, 0.3) is 0 Å². The molecule has 2 aromatic carbocycles. The maximum absolute atomic E-state index is 12.2.